The fraction of sp³-hybridized carbons (Fsp3) is 0.176. The fourth-order valence-electron chi connectivity index (χ4n) is 2.29. The molecule has 3 N–H and O–H groups in total. The fourth-order valence-corrected chi connectivity index (χ4v) is 4.19. The van der Waals surface area contributed by atoms with Crippen molar-refractivity contribution in [1.29, 1.82) is 0 Å². The normalized spacial score (nSPS) is 12.4. The number of anilines is 1. The number of hydrogen-bond donors (Lipinski definition) is 3. The summed E-state index contributed by atoms with van der Waals surface area (Å²) in [7, 11) is -3.61. The van der Waals surface area contributed by atoms with Gasteiger partial charge in [0.15, 0.2) is 11.5 Å². The van der Waals surface area contributed by atoms with Crippen LogP contribution in [0.1, 0.15) is 17.0 Å². The Hall–Kier alpha value is -2.68. The van der Waals surface area contributed by atoms with Crippen molar-refractivity contribution >= 4 is 60.8 Å². The van der Waals surface area contributed by atoms with Crippen LogP contribution in [0.25, 0.3) is 0 Å². The molecule has 0 amide bonds. The van der Waals surface area contributed by atoms with Gasteiger partial charge in [-0.05, 0) is 62.3 Å². The number of rotatable bonds is 9. The van der Waals surface area contributed by atoms with Crippen LogP contribution < -0.4 is 10.8 Å². The number of nitrogens with one attached hydrogen (secondary N) is 2. The third kappa shape index (κ3) is 6.65. The highest BCUT2D eigenvalue weighted by molar-refractivity contribution is 9.10. The number of amidine groups is 1. The second-order valence-electron chi connectivity index (χ2n) is 5.95. The number of sulfonamides is 1. The van der Waals surface area contributed by atoms with Crippen molar-refractivity contribution in [3.63, 3.8) is 0 Å². The van der Waals surface area contributed by atoms with Crippen LogP contribution in [0.15, 0.2) is 54.2 Å². The van der Waals surface area contributed by atoms with Gasteiger partial charge in [0.25, 0.3) is 10.0 Å². The largest absolute Gasteiger partial charge is 0.365 e. The van der Waals surface area contributed by atoms with Gasteiger partial charge in [-0.3, -0.25) is 10.7 Å². The standard InChI is InChI=1S/C17H16BrFN6O4S2/c18-13-9-11(4-5-14(13)19)22-17(23-26)15-16(25-29-24-15)20-6-2-8-31(27,28)21-10-12-3-1-7-30-12/h1,3-5,7,9-10,26H,2,6,8H2,(H,20,25)(H,22,23). The second-order valence-corrected chi connectivity index (χ2v) is 9.56. The number of nitrogens with zero attached hydrogens (tertiary/aromatic N) is 4. The van der Waals surface area contributed by atoms with E-state index in [-0.39, 0.29) is 40.5 Å². The summed E-state index contributed by atoms with van der Waals surface area (Å²) in [5.74, 6) is -0.598. The molecule has 0 fully saturated rings. The summed E-state index contributed by atoms with van der Waals surface area (Å²) in [4.78, 5) is 4.89. The molecule has 0 aliphatic rings. The maximum absolute atomic E-state index is 13.4. The van der Waals surface area contributed by atoms with Crippen LogP contribution in [0, 0.1) is 5.82 Å². The van der Waals surface area contributed by atoms with Gasteiger partial charge in [-0.25, -0.2) is 22.4 Å². The molecule has 3 aromatic rings. The van der Waals surface area contributed by atoms with Crippen LogP contribution in [0.3, 0.4) is 0 Å². The molecule has 0 radical (unpaired) electrons. The SMILES string of the molecule is O=S(=O)(CCCNc1nonc1C(=Nc1ccc(F)c(Br)c1)NO)N=Cc1cccs1. The zero-order chi connectivity index (χ0) is 22.3. The number of halogens is 2. The first-order valence-corrected chi connectivity index (χ1v) is 12.0. The molecule has 0 aliphatic carbocycles. The lowest BCUT2D eigenvalue weighted by molar-refractivity contribution is 0.234. The lowest BCUT2D eigenvalue weighted by Crippen LogP contribution is -2.22. The lowest BCUT2D eigenvalue weighted by Gasteiger charge is -2.06. The van der Waals surface area contributed by atoms with Gasteiger partial charge < -0.3 is 5.32 Å². The Morgan fingerprint density at radius 2 is 2.19 bits per heavy atom. The Labute approximate surface area is 189 Å². The number of benzene rings is 1. The highest BCUT2D eigenvalue weighted by Crippen LogP contribution is 2.23. The molecule has 0 unspecified atom stereocenters. The molecule has 0 atom stereocenters. The average Bonchev–Trinajstić information content (AvgIpc) is 3.43. The quantitative estimate of drug-likeness (QED) is 0.165. The van der Waals surface area contributed by atoms with Gasteiger partial charge in [-0.2, -0.15) is 4.40 Å². The molecule has 2 heterocycles. The molecule has 1 aromatic carbocycles. The zero-order valence-electron chi connectivity index (χ0n) is 15.7. The van der Waals surface area contributed by atoms with E-state index in [0.29, 0.717) is 5.69 Å². The van der Waals surface area contributed by atoms with Crippen molar-refractivity contribution in [2.45, 2.75) is 6.42 Å². The van der Waals surface area contributed by atoms with Crippen LogP contribution in [-0.2, 0) is 10.0 Å². The number of hydroxylamine groups is 1. The molecule has 164 valence electrons. The smallest absolute Gasteiger partial charge is 0.253 e. The molecule has 0 bridgehead atoms. The molecule has 31 heavy (non-hydrogen) atoms. The van der Waals surface area contributed by atoms with E-state index in [9.17, 15) is 18.0 Å². The van der Waals surface area contributed by atoms with Gasteiger partial charge in [0.1, 0.15) is 5.82 Å². The molecule has 14 heteroatoms. The van der Waals surface area contributed by atoms with Crippen LogP contribution in [0.2, 0.25) is 0 Å². The summed E-state index contributed by atoms with van der Waals surface area (Å²) in [6, 6.07) is 7.59. The van der Waals surface area contributed by atoms with Crippen molar-refractivity contribution in [3.05, 3.63) is 56.6 Å². The lowest BCUT2D eigenvalue weighted by atomic mass is 10.3. The first kappa shape index (κ1) is 23.0. The third-order valence-electron chi connectivity index (χ3n) is 3.72. The van der Waals surface area contributed by atoms with E-state index in [0.717, 1.165) is 4.88 Å². The maximum atomic E-state index is 13.4. The molecular weight excluding hydrogens is 515 g/mol. The van der Waals surface area contributed by atoms with E-state index < -0.39 is 15.8 Å². The minimum Gasteiger partial charge on any atom is -0.365 e. The molecule has 10 nitrogen and oxygen atoms in total. The van der Waals surface area contributed by atoms with Gasteiger partial charge in [0.05, 0.1) is 22.1 Å². The summed E-state index contributed by atoms with van der Waals surface area (Å²) in [5, 5.41) is 21.5. The van der Waals surface area contributed by atoms with E-state index in [1.165, 1.54) is 35.8 Å². The first-order chi connectivity index (χ1) is 14.9. The Balaban J connectivity index is 1.60. The number of aliphatic imine (C=N–C) groups is 1. The molecule has 0 saturated heterocycles. The Morgan fingerprint density at radius 1 is 1.35 bits per heavy atom. The molecular formula is C17H16BrFN6O4S2. The van der Waals surface area contributed by atoms with Crippen molar-refractivity contribution < 1.29 is 22.6 Å². The molecule has 0 saturated carbocycles. The van der Waals surface area contributed by atoms with Crippen molar-refractivity contribution in [2.75, 3.05) is 17.6 Å². The van der Waals surface area contributed by atoms with E-state index in [1.807, 2.05) is 10.9 Å². The highest BCUT2D eigenvalue weighted by Gasteiger charge is 2.17. The van der Waals surface area contributed by atoms with E-state index >= 15 is 0 Å². The van der Waals surface area contributed by atoms with Gasteiger partial charge in [0.2, 0.25) is 5.82 Å². The van der Waals surface area contributed by atoms with Crippen LogP contribution >= 0.6 is 27.3 Å². The van der Waals surface area contributed by atoms with Gasteiger partial charge in [-0.15, -0.1) is 11.3 Å². The summed E-state index contributed by atoms with van der Waals surface area (Å²) in [6.07, 6.45) is 1.55. The Bertz CT molecular complexity index is 1180. The van der Waals surface area contributed by atoms with E-state index in [4.69, 9.17) is 0 Å². The second kappa shape index (κ2) is 10.6. The number of thiophene rings is 1. The van der Waals surface area contributed by atoms with Crippen LogP contribution in [0.5, 0.6) is 0 Å². The van der Waals surface area contributed by atoms with E-state index in [1.54, 1.807) is 12.1 Å². The van der Waals surface area contributed by atoms with Crippen molar-refractivity contribution in [1.82, 2.24) is 15.8 Å². The average molecular weight is 531 g/mol. The van der Waals surface area contributed by atoms with Gasteiger partial charge in [0, 0.05) is 11.4 Å². The number of aromatic nitrogens is 2. The monoisotopic (exact) mass is 530 g/mol. The van der Waals surface area contributed by atoms with Crippen molar-refractivity contribution in [3.8, 4) is 0 Å². The zero-order valence-corrected chi connectivity index (χ0v) is 18.9. The van der Waals surface area contributed by atoms with Crippen LogP contribution in [0.4, 0.5) is 15.9 Å². The molecule has 3 rings (SSSR count). The predicted octanol–water partition coefficient (Wildman–Crippen LogP) is 3.34. The Kier molecular flexibility index (Phi) is 7.84. The van der Waals surface area contributed by atoms with E-state index in [2.05, 4.69) is 45.6 Å². The molecule has 0 aliphatic heterocycles. The molecule has 0 spiro atoms. The summed E-state index contributed by atoms with van der Waals surface area (Å²) in [5.41, 5.74) is 2.28. The first-order valence-electron chi connectivity index (χ1n) is 8.70. The highest BCUT2D eigenvalue weighted by atomic mass is 79.9. The topological polar surface area (TPSA) is 142 Å². The minimum atomic E-state index is -3.61. The maximum Gasteiger partial charge on any atom is 0.253 e. The van der Waals surface area contributed by atoms with Crippen molar-refractivity contribution in [2.24, 2.45) is 9.39 Å². The predicted molar refractivity (Wildman–Crippen MR) is 118 cm³/mol. The minimum absolute atomic E-state index is 0.0570. The van der Waals surface area contributed by atoms with Crippen LogP contribution in [-0.4, -0.2) is 48.3 Å². The van der Waals surface area contributed by atoms with Gasteiger partial charge >= 0.3 is 0 Å². The molecule has 2 aromatic heterocycles. The summed E-state index contributed by atoms with van der Waals surface area (Å²) < 4.78 is 45.9. The summed E-state index contributed by atoms with van der Waals surface area (Å²) in [6.45, 7) is 0.218. The third-order valence-corrected chi connectivity index (χ3v) is 6.36. The Morgan fingerprint density at radius 3 is 2.90 bits per heavy atom. The number of hydrogen-bond acceptors (Lipinski definition) is 9. The summed E-state index contributed by atoms with van der Waals surface area (Å²) >= 11 is 4.45. The van der Waals surface area contributed by atoms with Gasteiger partial charge in [-0.1, -0.05) is 6.07 Å².